The Bertz CT molecular complexity index is 283. The Morgan fingerprint density at radius 2 is 2.08 bits per heavy atom. The van der Waals surface area contributed by atoms with Crippen LogP contribution >= 0.6 is 11.6 Å². The van der Waals surface area contributed by atoms with E-state index in [2.05, 4.69) is 31.9 Å². The molecule has 0 amide bonds. The fourth-order valence-electron chi connectivity index (χ4n) is 1.47. The number of hydrogen-bond donors (Lipinski definition) is 0. The lowest BCUT2D eigenvalue weighted by atomic mass is 10.2. The van der Waals surface area contributed by atoms with Crippen LogP contribution in [-0.4, -0.2) is 13.6 Å². The Labute approximate surface area is 85.3 Å². The summed E-state index contributed by atoms with van der Waals surface area (Å²) in [6, 6.07) is 6.04. The second-order valence-corrected chi connectivity index (χ2v) is 3.71. The van der Waals surface area contributed by atoms with Crippen molar-refractivity contribution in [2.45, 2.75) is 20.3 Å². The first-order valence-electron chi connectivity index (χ1n) is 4.63. The Morgan fingerprint density at radius 1 is 1.38 bits per heavy atom. The van der Waals surface area contributed by atoms with Gasteiger partial charge in [-0.15, -0.1) is 0 Å². The van der Waals surface area contributed by atoms with Crippen molar-refractivity contribution in [2.24, 2.45) is 0 Å². The van der Waals surface area contributed by atoms with Gasteiger partial charge in [-0.1, -0.05) is 24.6 Å². The van der Waals surface area contributed by atoms with Gasteiger partial charge in [-0.05, 0) is 31.0 Å². The summed E-state index contributed by atoms with van der Waals surface area (Å²) in [5.41, 5.74) is 2.40. The molecule has 0 bridgehead atoms. The molecule has 1 aromatic carbocycles. The number of anilines is 1. The molecule has 0 spiro atoms. The molecule has 0 radical (unpaired) electrons. The van der Waals surface area contributed by atoms with E-state index < -0.39 is 0 Å². The van der Waals surface area contributed by atoms with Crippen LogP contribution in [0.25, 0.3) is 0 Å². The zero-order valence-corrected chi connectivity index (χ0v) is 9.23. The third kappa shape index (κ3) is 2.38. The standard InChI is InChI=1S/C11H16ClN/c1-4-8-13(3)11-7-5-6-10(12)9(11)2/h5-7H,4,8H2,1-3H3. The molecule has 13 heavy (non-hydrogen) atoms. The molecule has 0 aromatic heterocycles. The summed E-state index contributed by atoms with van der Waals surface area (Å²) in [7, 11) is 2.10. The van der Waals surface area contributed by atoms with Crippen molar-refractivity contribution in [2.75, 3.05) is 18.5 Å². The molecule has 0 atom stereocenters. The van der Waals surface area contributed by atoms with Crippen molar-refractivity contribution in [1.82, 2.24) is 0 Å². The minimum absolute atomic E-state index is 0.848. The first-order valence-corrected chi connectivity index (χ1v) is 5.01. The molecule has 0 N–H and O–H groups in total. The predicted molar refractivity (Wildman–Crippen MR) is 59.8 cm³/mol. The first kappa shape index (κ1) is 10.4. The second-order valence-electron chi connectivity index (χ2n) is 3.31. The highest BCUT2D eigenvalue weighted by Gasteiger charge is 2.05. The zero-order valence-electron chi connectivity index (χ0n) is 8.47. The highest BCUT2D eigenvalue weighted by atomic mass is 35.5. The summed E-state index contributed by atoms with van der Waals surface area (Å²) in [4.78, 5) is 2.24. The van der Waals surface area contributed by atoms with Crippen LogP contribution < -0.4 is 4.90 Å². The molecule has 0 saturated carbocycles. The Morgan fingerprint density at radius 3 is 2.69 bits per heavy atom. The number of hydrogen-bond acceptors (Lipinski definition) is 1. The Kier molecular flexibility index (Phi) is 3.61. The largest absolute Gasteiger partial charge is 0.374 e. The molecule has 72 valence electrons. The summed E-state index contributed by atoms with van der Waals surface area (Å²) >= 11 is 6.03. The number of halogens is 1. The lowest BCUT2D eigenvalue weighted by molar-refractivity contribution is 0.849. The van der Waals surface area contributed by atoms with Crippen LogP contribution in [0.15, 0.2) is 18.2 Å². The van der Waals surface area contributed by atoms with Gasteiger partial charge < -0.3 is 4.90 Å². The second kappa shape index (κ2) is 4.52. The van der Waals surface area contributed by atoms with Crippen LogP contribution in [0.4, 0.5) is 5.69 Å². The van der Waals surface area contributed by atoms with E-state index in [1.165, 1.54) is 11.3 Å². The van der Waals surface area contributed by atoms with Crippen molar-refractivity contribution in [3.63, 3.8) is 0 Å². The average Bonchev–Trinajstić information content (AvgIpc) is 2.10. The minimum atomic E-state index is 0.848. The quantitative estimate of drug-likeness (QED) is 0.717. The maximum atomic E-state index is 6.03. The van der Waals surface area contributed by atoms with Gasteiger partial charge >= 0.3 is 0 Å². The van der Waals surface area contributed by atoms with Gasteiger partial charge in [0.25, 0.3) is 0 Å². The van der Waals surface area contributed by atoms with E-state index >= 15 is 0 Å². The topological polar surface area (TPSA) is 3.24 Å². The van der Waals surface area contributed by atoms with Gasteiger partial charge in [-0.3, -0.25) is 0 Å². The van der Waals surface area contributed by atoms with E-state index in [9.17, 15) is 0 Å². The molecule has 1 rings (SSSR count). The van der Waals surface area contributed by atoms with Gasteiger partial charge in [0.2, 0.25) is 0 Å². The smallest absolute Gasteiger partial charge is 0.0455 e. The van der Waals surface area contributed by atoms with Gasteiger partial charge in [0.15, 0.2) is 0 Å². The fourth-order valence-corrected chi connectivity index (χ4v) is 1.64. The van der Waals surface area contributed by atoms with Gasteiger partial charge in [-0.25, -0.2) is 0 Å². The van der Waals surface area contributed by atoms with Crippen LogP contribution in [-0.2, 0) is 0 Å². The Hall–Kier alpha value is -0.690. The van der Waals surface area contributed by atoms with Crippen LogP contribution in [0.3, 0.4) is 0 Å². The summed E-state index contributed by atoms with van der Waals surface area (Å²) in [6.07, 6.45) is 1.16. The molecular formula is C11H16ClN. The molecule has 1 aromatic rings. The van der Waals surface area contributed by atoms with Crippen LogP contribution in [0.5, 0.6) is 0 Å². The molecule has 0 aliphatic heterocycles. The molecule has 0 saturated heterocycles. The van der Waals surface area contributed by atoms with Gasteiger partial charge in [0, 0.05) is 24.3 Å². The van der Waals surface area contributed by atoms with Crippen LogP contribution in [0.2, 0.25) is 5.02 Å². The normalized spacial score (nSPS) is 10.2. The van der Waals surface area contributed by atoms with Crippen molar-refractivity contribution in [3.05, 3.63) is 28.8 Å². The molecule has 0 unspecified atom stereocenters. The summed E-state index contributed by atoms with van der Waals surface area (Å²) in [5, 5.41) is 0.848. The number of nitrogens with zero attached hydrogens (tertiary/aromatic N) is 1. The van der Waals surface area contributed by atoms with Gasteiger partial charge in [0.05, 0.1) is 0 Å². The van der Waals surface area contributed by atoms with E-state index in [0.29, 0.717) is 0 Å². The molecule has 1 nitrogen and oxygen atoms in total. The fraction of sp³-hybridized carbons (Fsp3) is 0.455. The highest BCUT2D eigenvalue weighted by molar-refractivity contribution is 6.31. The molecule has 0 fully saturated rings. The summed E-state index contributed by atoms with van der Waals surface area (Å²) < 4.78 is 0. The van der Waals surface area contributed by atoms with E-state index in [1.54, 1.807) is 0 Å². The summed E-state index contributed by atoms with van der Waals surface area (Å²) in [5.74, 6) is 0. The van der Waals surface area contributed by atoms with Crippen molar-refractivity contribution in [3.8, 4) is 0 Å². The third-order valence-corrected chi connectivity index (χ3v) is 2.62. The molecule has 0 aliphatic carbocycles. The first-order chi connectivity index (χ1) is 6.16. The van der Waals surface area contributed by atoms with Crippen LogP contribution in [0, 0.1) is 6.92 Å². The monoisotopic (exact) mass is 197 g/mol. The van der Waals surface area contributed by atoms with E-state index in [-0.39, 0.29) is 0 Å². The van der Waals surface area contributed by atoms with E-state index in [4.69, 9.17) is 11.6 Å². The Balaban J connectivity index is 2.93. The number of rotatable bonds is 3. The zero-order chi connectivity index (χ0) is 9.84. The van der Waals surface area contributed by atoms with Gasteiger partial charge in [0.1, 0.15) is 0 Å². The van der Waals surface area contributed by atoms with Crippen molar-refractivity contribution < 1.29 is 0 Å². The minimum Gasteiger partial charge on any atom is -0.374 e. The maximum Gasteiger partial charge on any atom is 0.0455 e. The van der Waals surface area contributed by atoms with Gasteiger partial charge in [-0.2, -0.15) is 0 Å². The molecule has 2 heteroatoms. The third-order valence-electron chi connectivity index (χ3n) is 2.21. The molecule has 0 aliphatic rings. The SMILES string of the molecule is CCCN(C)c1cccc(Cl)c1C. The van der Waals surface area contributed by atoms with E-state index in [1.807, 2.05) is 12.1 Å². The highest BCUT2D eigenvalue weighted by Crippen LogP contribution is 2.25. The average molecular weight is 198 g/mol. The maximum absolute atomic E-state index is 6.03. The lowest BCUT2D eigenvalue weighted by Crippen LogP contribution is -2.18. The molecule has 0 heterocycles. The summed E-state index contributed by atoms with van der Waals surface area (Å²) in [6.45, 7) is 5.31. The lowest BCUT2D eigenvalue weighted by Gasteiger charge is -2.21. The van der Waals surface area contributed by atoms with Crippen molar-refractivity contribution >= 4 is 17.3 Å². The van der Waals surface area contributed by atoms with Crippen LogP contribution in [0.1, 0.15) is 18.9 Å². The van der Waals surface area contributed by atoms with Crippen molar-refractivity contribution in [1.29, 1.82) is 0 Å². The van der Waals surface area contributed by atoms with E-state index in [0.717, 1.165) is 18.0 Å². The molecular weight excluding hydrogens is 182 g/mol. The predicted octanol–water partition coefficient (Wildman–Crippen LogP) is 3.49. The number of benzene rings is 1.